The van der Waals surface area contributed by atoms with Gasteiger partial charge in [-0.3, -0.25) is 4.79 Å². The molecule has 5 nitrogen and oxygen atoms in total. The molecule has 2 amide bonds. The molecule has 0 aromatic heterocycles. The molecular formula is C19H14F3NO4. The molecule has 1 heterocycles. The Labute approximate surface area is 152 Å². The minimum atomic E-state index is -4.77. The molecule has 0 unspecified atom stereocenters. The smallest absolute Gasteiger partial charge is 0.446 e. The van der Waals surface area contributed by atoms with Gasteiger partial charge in [0.05, 0.1) is 0 Å². The summed E-state index contributed by atoms with van der Waals surface area (Å²) in [7, 11) is 0. The number of hydrogen-bond acceptors (Lipinski definition) is 4. The van der Waals surface area contributed by atoms with Crippen molar-refractivity contribution >= 4 is 18.1 Å². The lowest BCUT2D eigenvalue weighted by Crippen LogP contribution is -2.32. The molecule has 3 rings (SSSR count). The van der Waals surface area contributed by atoms with E-state index in [1.807, 2.05) is 6.07 Å². The highest BCUT2D eigenvalue weighted by atomic mass is 19.4. The molecule has 0 saturated carbocycles. The van der Waals surface area contributed by atoms with E-state index >= 15 is 0 Å². The van der Waals surface area contributed by atoms with E-state index in [4.69, 9.17) is 4.74 Å². The van der Waals surface area contributed by atoms with Gasteiger partial charge in [-0.25, -0.2) is 9.69 Å². The van der Waals surface area contributed by atoms with Crippen LogP contribution in [-0.4, -0.2) is 29.9 Å². The molecule has 1 fully saturated rings. The van der Waals surface area contributed by atoms with E-state index in [9.17, 15) is 22.8 Å². The first-order chi connectivity index (χ1) is 12.8. The van der Waals surface area contributed by atoms with Crippen LogP contribution in [-0.2, 0) is 9.53 Å². The molecule has 1 atom stereocenters. The number of halogens is 3. The third kappa shape index (κ3) is 4.66. The highest BCUT2D eigenvalue weighted by Crippen LogP contribution is 2.28. The number of hydrogen-bond donors (Lipinski definition) is 0. The number of nitrogens with zero attached hydrogens (tertiary/aromatic N) is 1. The standard InChI is InChI=1S/C19H14F3NO4/c20-19(21,22)27-15-9-6-13(7-10-15)8-11-17(24)23-16(12-26-18(23)25)14-4-2-1-3-5-14/h1-11,16H,12H2/b11-8+/t16-/m1/s1. The van der Waals surface area contributed by atoms with Crippen LogP contribution < -0.4 is 4.74 Å². The van der Waals surface area contributed by atoms with Gasteiger partial charge >= 0.3 is 12.5 Å². The summed E-state index contributed by atoms with van der Waals surface area (Å²) in [6.07, 6.45) is -2.95. The number of cyclic esters (lactones) is 1. The molecule has 1 aliphatic rings. The Kier molecular flexibility index (Phi) is 5.16. The van der Waals surface area contributed by atoms with E-state index in [-0.39, 0.29) is 12.4 Å². The lowest BCUT2D eigenvalue weighted by atomic mass is 10.1. The Morgan fingerprint density at radius 1 is 1.11 bits per heavy atom. The summed E-state index contributed by atoms with van der Waals surface area (Å²) in [5.41, 5.74) is 1.24. The van der Waals surface area contributed by atoms with Crippen molar-refractivity contribution in [1.29, 1.82) is 0 Å². The molecule has 1 saturated heterocycles. The van der Waals surface area contributed by atoms with Gasteiger partial charge in [0.25, 0.3) is 5.91 Å². The van der Waals surface area contributed by atoms with Crippen LogP contribution in [0.25, 0.3) is 6.08 Å². The summed E-state index contributed by atoms with van der Waals surface area (Å²) in [6, 6.07) is 13.4. The molecule has 8 heteroatoms. The predicted octanol–water partition coefficient (Wildman–Crippen LogP) is 4.32. The topological polar surface area (TPSA) is 55.8 Å². The van der Waals surface area contributed by atoms with Crippen LogP contribution in [0.1, 0.15) is 17.2 Å². The van der Waals surface area contributed by atoms with Gasteiger partial charge in [-0.1, -0.05) is 42.5 Å². The van der Waals surface area contributed by atoms with Gasteiger partial charge < -0.3 is 9.47 Å². The highest BCUT2D eigenvalue weighted by Gasteiger charge is 2.37. The average molecular weight is 377 g/mol. The van der Waals surface area contributed by atoms with Crippen molar-refractivity contribution in [2.45, 2.75) is 12.4 Å². The van der Waals surface area contributed by atoms with Gasteiger partial charge in [-0.15, -0.1) is 13.2 Å². The zero-order valence-corrected chi connectivity index (χ0v) is 13.8. The minimum absolute atomic E-state index is 0.0614. The third-order valence-corrected chi connectivity index (χ3v) is 3.83. The number of carbonyl (C=O) groups is 2. The number of ether oxygens (including phenoxy) is 2. The molecule has 2 aromatic rings. The number of amides is 2. The molecule has 0 bridgehead atoms. The first kappa shape index (κ1) is 18.5. The van der Waals surface area contributed by atoms with Crippen LogP contribution in [0.5, 0.6) is 5.75 Å². The first-order valence-electron chi connectivity index (χ1n) is 7.92. The van der Waals surface area contributed by atoms with E-state index in [1.165, 1.54) is 24.3 Å². The zero-order chi connectivity index (χ0) is 19.4. The van der Waals surface area contributed by atoms with Crippen LogP contribution in [0.2, 0.25) is 0 Å². The van der Waals surface area contributed by atoms with Gasteiger partial charge in [0.1, 0.15) is 18.4 Å². The van der Waals surface area contributed by atoms with Crippen LogP contribution >= 0.6 is 0 Å². The fourth-order valence-electron chi connectivity index (χ4n) is 2.61. The maximum Gasteiger partial charge on any atom is 0.573 e. The maximum absolute atomic E-state index is 12.4. The van der Waals surface area contributed by atoms with Crippen molar-refractivity contribution in [2.75, 3.05) is 6.61 Å². The second-order valence-electron chi connectivity index (χ2n) is 5.66. The first-order valence-corrected chi connectivity index (χ1v) is 7.92. The minimum Gasteiger partial charge on any atom is -0.446 e. The number of benzene rings is 2. The molecule has 1 aliphatic heterocycles. The van der Waals surface area contributed by atoms with Crippen molar-refractivity contribution in [3.05, 3.63) is 71.8 Å². The largest absolute Gasteiger partial charge is 0.573 e. The van der Waals surface area contributed by atoms with E-state index in [0.717, 1.165) is 22.6 Å². The highest BCUT2D eigenvalue weighted by molar-refractivity contribution is 6.02. The van der Waals surface area contributed by atoms with Crippen molar-refractivity contribution in [3.8, 4) is 5.75 Å². The Hall–Kier alpha value is -3.29. The molecular weight excluding hydrogens is 363 g/mol. The number of alkyl halides is 3. The van der Waals surface area contributed by atoms with Gasteiger partial charge in [0.2, 0.25) is 0 Å². The van der Waals surface area contributed by atoms with Crippen molar-refractivity contribution in [2.24, 2.45) is 0 Å². The molecule has 0 N–H and O–H groups in total. The fraction of sp³-hybridized carbons (Fsp3) is 0.158. The Morgan fingerprint density at radius 2 is 1.78 bits per heavy atom. The summed E-state index contributed by atoms with van der Waals surface area (Å²) < 4.78 is 45.2. The molecule has 0 aliphatic carbocycles. The van der Waals surface area contributed by atoms with Crippen LogP contribution in [0, 0.1) is 0 Å². The van der Waals surface area contributed by atoms with Gasteiger partial charge in [-0.2, -0.15) is 0 Å². The number of carbonyl (C=O) groups excluding carboxylic acids is 2. The maximum atomic E-state index is 12.4. The Morgan fingerprint density at radius 3 is 2.41 bits per heavy atom. The van der Waals surface area contributed by atoms with E-state index < -0.39 is 24.4 Å². The summed E-state index contributed by atoms with van der Waals surface area (Å²) in [5.74, 6) is -0.944. The van der Waals surface area contributed by atoms with Crippen molar-refractivity contribution in [3.63, 3.8) is 0 Å². The molecule has 0 spiro atoms. The lowest BCUT2D eigenvalue weighted by molar-refractivity contribution is -0.274. The zero-order valence-electron chi connectivity index (χ0n) is 13.8. The van der Waals surface area contributed by atoms with Gasteiger partial charge in [0.15, 0.2) is 0 Å². The monoisotopic (exact) mass is 377 g/mol. The van der Waals surface area contributed by atoms with Gasteiger partial charge in [0, 0.05) is 6.08 Å². The van der Waals surface area contributed by atoms with Gasteiger partial charge in [-0.05, 0) is 29.3 Å². The number of rotatable bonds is 4. The lowest BCUT2D eigenvalue weighted by Gasteiger charge is -2.18. The summed E-state index contributed by atoms with van der Waals surface area (Å²) in [5, 5.41) is 0. The summed E-state index contributed by atoms with van der Waals surface area (Å²) >= 11 is 0. The molecule has 0 radical (unpaired) electrons. The van der Waals surface area contributed by atoms with Crippen LogP contribution in [0.3, 0.4) is 0 Å². The fourth-order valence-corrected chi connectivity index (χ4v) is 2.61. The molecule has 2 aromatic carbocycles. The summed E-state index contributed by atoms with van der Waals surface area (Å²) in [6.45, 7) is 0.0614. The summed E-state index contributed by atoms with van der Waals surface area (Å²) in [4.78, 5) is 25.4. The van der Waals surface area contributed by atoms with Crippen molar-refractivity contribution < 1.29 is 32.2 Å². The van der Waals surface area contributed by atoms with Crippen LogP contribution in [0.15, 0.2) is 60.7 Å². The van der Waals surface area contributed by atoms with Crippen molar-refractivity contribution in [1.82, 2.24) is 4.90 Å². The molecule has 140 valence electrons. The quantitative estimate of drug-likeness (QED) is 0.745. The average Bonchev–Trinajstić information content (AvgIpc) is 3.02. The van der Waals surface area contributed by atoms with E-state index in [1.54, 1.807) is 24.3 Å². The van der Waals surface area contributed by atoms with Crippen LogP contribution in [0.4, 0.5) is 18.0 Å². The van der Waals surface area contributed by atoms with E-state index in [2.05, 4.69) is 4.74 Å². The number of imide groups is 1. The third-order valence-electron chi connectivity index (χ3n) is 3.83. The Balaban J connectivity index is 1.71. The second kappa shape index (κ2) is 7.53. The second-order valence-corrected chi connectivity index (χ2v) is 5.66. The normalized spacial score (nSPS) is 17.2. The predicted molar refractivity (Wildman–Crippen MR) is 89.5 cm³/mol. The Bertz CT molecular complexity index is 848. The van der Waals surface area contributed by atoms with E-state index in [0.29, 0.717) is 5.56 Å². The molecule has 27 heavy (non-hydrogen) atoms. The SMILES string of the molecule is O=C(/C=C/c1ccc(OC(F)(F)F)cc1)N1C(=O)OC[C@@H]1c1ccccc1.